The summed E-state index contributed by atoms with van der Waals surface area (Å²) in [7, 11) is -4.07. The van der Waals surface area contributed by atoms with Crippen molar-refractivity contribution in [1.29, 1.82) is 0 Å². The van der Waals surface area contributed by atoms with E-state index >= 15 is 0 Å². The Labute approximate surface area is 217 Å². The standard InChI is InChI=1S/C29H29NO6S/c1-4-35-28(31)17-13-23-18-21-8-6-7-9-25(21)26-19-22(29(32)36-5-2)12-16-27(26)30(23)37(33,34)24-14-10-20(3)11-15-24/h6-17,19,23H,4-5,18H2,1-3H3/b17-13+. The summed E-state index contributed by atoms with van der Waals surface area (Å²) in [6, 6.07) is 18.3. The third-order valence-electron chi connectivity index (χ3n) is 6.10. The lowest BCUT2D eigenvalue weighted by Gasteiger charge is -2.31. The second-order valence-corrected chi connectivity index (χ2v) is 10.4. The normalized spacial score (nSPS) is 15.0. The van der Waals surface area contributed by atoms with Gasteiger partial charge >= 0.3 is 11.9 Å². The number of rotatable bonds is 7. The van der Waals surface area contributed by atoms with E-state index in [9.17, 15) is 18.0 Å². The predicted octanol–water partition coefficient (Wildman–Crippen LogP) is 5.08. The fourth-order valence-electron chi connectivity index (χ4n) is 4.39. The van der Waals surface area contributed by atoms with Crippen LogP contribution in [0.1, 0.15) is 35.3 Å². The molecule has 192 valence electrons. The Kier molecular flexibility index (Phi) is 7.78. The molecule has 37 heavy (non-hydrogen) atoms. The highest BCUT2D eigenvalue weighted by Crippen LogP contribution is 2.42. The van der Waals surface area contributed by atoms with E-state index in [1.165, 1.54) is 10.4 Å². The molecule has 0 fully saturated rings. The van der Waals surface area contributed by atoms with Crippen LogP contribution in [0.4, 0.5) is 5.69 Å². The number of benzene rings is 3. The highest BCUT2D eigenvalue weighted by molar-refractivity contribution is 7.92. The first kappa shape index (κ1) is 26.2. The summed E-state index contributed by atoms with van der Waals surface area (Å²) in [5.74, 6) is -1.04. The second kappa shape index (κ2) is 11.0. The topological polar surface area (TPSA) is 90.0 Å². The van der Waals surface area contributed by atoms with Crippen LogP contribution in [0.3, 0.4) is 0 Å². The molecule has 0 saturated heterocycles. The zero-order valence-electron chi connectivity index (χ0n) is 21.0. The predicted molar refractivity (Wildman–Crippen MR) is 142 cm³/mol. The van der Waals surface area contributed by atoms with Gasteiger partial charge in [-0.1, -0.05) is 48.0 Å². The van der Waals surface area contributed by atoms with Gasteiger partial charge < -0.3 is 9.47 Å². The fraction of sp³-hybridized carbons (Fsp3) is 0.241. The third-order valence-corrected chi connectivity index (χ3v) is 7.96. The fourth-order valence-corrected chi connectivity index (χ4v) is 6.02. The van der Waals surface area contributed by atoms with Crippen molar-refractivity contribution in [1.82, 2.24) is 0 Å². The van der Waals surface area contributed by atoms with Crippen LogP contribution in [0.5, 0.6) is 0 Å². The van der Waals surface area contributed by atoms with E-state index in [-0.39, 0.29) is 18.1 Å². The number of hydrogen-bond acceptors (Lipinski definition) is 6. The Bertz CT molecular complexity index is 1440. The van der Waals surface area contributed by atoms with Crippen molar-refractivity contribution in [3.63, 3.8) is 0 Å². The quantitative estimate of drug-likeness (QED) is 0.320. The zero-order valence-corrected chi connectivity index (χ0v) is 21.8. The summed E-state index contributed by atoms with van der Waals surface area (Å²) in [5.41, 5.74) is 3.93. The monoisotopic (exact) mass is 519 g/mol. The van der Waals surface area contributed by atoms with Gasteiger partial charge in [-0.2, -0.15) is 0 Å². The Morgan fingerprint density at radius 3 is 2.35 bits per heavy atom. The number of fused-ring (bicyclic) bond motifs is 3. The lowest BCUT2D eigenvalue weighted by atomic mass is 9.95. The molecule has 3 aromatic rings. The van der Waals surface area contributed by atoms with Gasteiger partial charge in [-0.25, -0.2) is 18.0 Å². The van der Waals surface area contributed by atoms with Gasteiger partial charge in [0, 0.05) is 11.6 Å². The van der Waals surface area contributed by atoms with Gasteiger partial charge in [0.1, 0.15) is 0 Å². The molecule has 1 unspecified atom stereocenters. The summed E-state index contributed by atoms with van der Waals surface area (Å²) >= 11 is 0. The van der Waals surface area contributed by atoms with Crippen LogP contribution in [0.15, 0.2) is 83.8 Å². The summed E-state index contributed by atoms with van der Waals surface area (Å²) < 4.78 is 39.9. The van der Waals surface area contributed by atoms with E-state index < -0.39 is 28.0 Å². The molecular weight excluding hydrogens is 490 g/mol. The van der Waals surface area contributed by atoms with Gasteiger partial charge in [-0.15, -0.1) is 0 Å². The molecule has 0 aliphatic carbocycles. The first-order valence-electron chi connectivity index (χ1n) is 12.1. The van der Waals surface area contributed by atoms with Gasteiger partial charge in [-0.05, 0) is 68.7 Å². The first-order chi connectivity index (χ1) is 17.8. The molecule has 4 rings (SSSR count). The molecule has 3 aromatic carbocycles. The maximum atomic E-state index is 14.2. The molecule has 0 amide bonds. The molecule has 7 nitrogen and oxygen atoms in total. The Morgan fingerprint density at radius 1 is 0.946 bits per heavy atom. The third kappa shape index (κ3) is 5.44. The Morgan fingerprint density at radius 2 is 1.65 bits per heavy atom. The molecule has 1 heterocycles. The van der Waals surface area contributed by atoms with Crippen molar-refractivity contribution in [2.24, 2.45) is 0 Å². The minimum Gasteiger partial charge on any atom is -0.463 e. The van der Waals surface area contributed by atoms with Gasteiger partial charge in [0.25, 0.3) is 10.0 Å². The smallest absolute Gasteiger partial charge is 0.338 e. The maximum absolute atomic E-state index is 14.2. The summed E-state index contributed by atoms with van der Waals surface area (Å²) in [6.07, 6.45) is 3.14. The molecule has 0 saturated carbocycles. The lowest BCUT2D eigenvalue weighted by molar-refractivity contribution is -0.137. The van der Waals surface area contributed by atoms with Crippen LogP contribution in [-0.2, 0) is 30.7 Å². The van der Waals surface area contributed by atoms with E-state index in [1.54, 1.807) is 62.4 Å². The van der Waals surface area contributed by atoms with E-state index in [4.69, 9.17) is 9.47 Å². The number of ether oxygens (including phenoxy) is 2. The summed E-state index contributed by atoms with van der Waals surface area (Å²) in [6.45, 7) is 5.75. The molecule has 0 N–H and O–H groups in total. The molecule has 0 radical (unpaired) electrons. The van der Waals surface area contributed by atoms with Gasteiger partial charge in [0.15, 0.2) is 0 Å². The van der Waals surface area contributed by atoms with Crippen LogP contribution >= 0.6 is 0 Å². The number of anilines is 1. The average Bonchev–Trinajstić information content (AvgIpc) is 3.02. The number of sulfonamides is 1. The van der Waals surface area contributed by atoms with Gasteiger partial charge in [0.05, 0.1) is 35.4 Å². The van der Waals surface area contributed by atoms with Gasteiger partial charge in [-0.3, -0.25) is 4.31 Å². The second-order valence-electron chi connectivity index (χ2n) is 8.61. The number of hydrogen-bond donors (Lipinski definition) is 0. The van der Waals surface area contributed by atoms with Crippen molar-refractivity contribution >= 4 is 27.6 Å². The van der Waals surface area contributed by atoms with Crippen molar-refractivity contribution < 1.29 is 27.5 Å². The van der Waals surface area contributed by atoms with Crippen molar-refractivity contribution in [3.8, 4) is 11.1 Å². The van der Waals surface area contributed by atoms with Gasteiger partial charge in [0.2, 0.25) is 0 Å². The van der Waals surface area contributed by atoms with E-state index in [1.807, 2.05) is 31.2 Å². The number of carbonyl (C=O) groups excluding carboxylic acids is 2. The van der Waals surface area contributed by atoms with Crippen LogP contribution in [0.2, 0.25) is 0 Å². The molecule has 1 aliphatic heterocycles. The van der Waals surface area contributed by atoms with Crippen LogP contribution in [-0.4, -0.2) is 39.6 Å². The van der Waals surface area contributed by atoms with Crippen molar-refractivity contribution in [3.05, 3.63) is 95.6 Å². The Hall–Kier alpha value is -3.91. The zero-order chi connectivity index (χ0) is 26.6. The summed E-state index contributed by atoms with van der Waals surface area (Å²) in [5, 5.41) is 0. The first-order valence-corrected chi connectivity index (χ1v) is 13.6. The molecule has 8 heteroatoms. The maximum Gasteiger partial charge on any atom is 0.338 e. The van der Waals surface area contributed by atoms with Crippen LogP contribution in [0.25, 0.3) is 11.1 Å². The van der Waals surface area contributed by atoms with E-state index in [0.717, 1.165) is 16.7 Å². The highest BCUT2D eigenvalue weighted by Gasteiger charge is 2.36. The minimum absolute atomic E-state index is 0.124. The molecule has 1 aliphatic rings. The molecule has 0 spiro atoms. The number of aryl methyl sites for hydroxylation is 1. The molecular formula is C29H29NO6S. The highest BCUT2D eigenvalue weighted by atomic mass is 32.2. The minimum atomic E-state index is -4.07. The lowest BCUT2D eigenvalue weighted by Crippen LogP contribution is -2.40. The number of nitrogens with zero attached hydrogens (tertiary/aromatic N) is 1. The largest absolute Gasteiger partial charge is 0.463 e. The van der Waals surface area contributed by atoms with E-state index in [0.29, 0.717) is 23.2 Å². The molecule has 0 aromatic heterocycles. The number of carbonyl (C=O) groups is 2. The Balaban J connectivity index is 1.96. The van der Waals surface area contributed by atoms with Crippen LogP contribution in [0, 0.1) is 6.92 Å². The van der Waals surface area contributed by atoms with Crippen LogP contribution < -0.4 is 4.31 Å². The molecule has 0 bridgehead atoms. The van der Waals surface area contributed by atoms with E-state index in [2.05, 4.69) is 0 Å². The van der Waals surface area contributed by atoms with Crippen molar-refractivity contribution in [2.75, 3.05) is 17.5 Å². The SMILES string of the molecule is CCOC(=O)/C=C/C1Cc2ccccc2-c2cc(C(=O)OCC)ccc2N1S(=O)(=O)c1ccc(C)cc1. The molecule has 1 atom stereocenters. The average molecular weight is 520 g/mol. The summed E-state index contributed by atoms with van der Waals surface area (Å²) in [4.78, 5) is 24.9. The number of esters is 2. The van der Waals surface area contributed by atoms with Crippen molar-refractivity contribution in [2.45, 2.75) is 38.1 Å².